The highest BCUT2D eigenvalue weighted by molar-refractivity contribution is 7.91. The van der Waals surface area contributed by atoms with Gasteiger partial charge in [0.1, 0.15) is 0 Å². The third-order valence-electron chi connectivity index (χ3n) is 2.82. The first-order valence-corrected chi connectivity index (χ1v) is 8.04. The highest BCUT2D eigenvalue weighted by Gasteiger charge is 2.22. The van der Waals surface area contributed by atoms with Crippen LogP contribution in [0, 0.1) is 0 Å². The van der Waals surface area contributed by atoms with E-state index >= 15 is 0 Å². The molecule has 0 saturated heterocycles. The molecule has 22 heavy (non-hydrogen) atoms. The van der Waals surface area contributed by atoms with Gasteiger partial charge in [-0.25, -0.2) is 13.2 Å². The van der Waals surface area contributed by atoms with Crippen LogP contribution in [0.5, 0.6) is 0 Å². The number of aldehydes is 1. The zero-order valence-corrected chi connectivity index (χ0v) is 12.6. The molecule has 0 fully saturated rings. The van der Waals surface area contributed by atoms with Crippen molar-refractivity contribution in [1.29, 1.82) is 0 Å². The molecule has 2 rings (SSSR count). The van der Waals surface area contributed by atoms with E-state index in [1.807, 2.05) is 6.92 Å². The molecule has 7 heteroatoms. The van der Waals surface area contributed by atoms with Crippen LogP contribution < -0.4 is 0 Å². The van der Waals surface area contributed by atoms with Crippen molar-refractivity contribution >= 4 is 22.1 Å². The highest BCUT2D eigenvalue weighted by atomic mass is 32.2. The van der Waals surface area contributed by atoms with Gasteiger partial charge in [0.25, 0.3) is 0 Å². The molecule has 0 bridgehead atoms. The van der Waals surface area contributed by atoms with Crippen LogP contribution in [0.3, 0.4) is 0 Å². The summed E-state index contributed by atoms with van der Waals surface area (Å²) in [6.07, 6.45) is 1.13. The second-order valence-corrected chi connectivity index (χ2v) is 6.32. The number of furan rings is 1. The number of esters is 1. The number of ether oxygens (including phenoxy) is 1. The molecule has 0 saturated carbocycles. The monoisotopic (exact) mass is 322 g/mol. The molecule has 1 aromatic carbocycles. The molecule has 0 unspecified atom stereocenters. The predicted molar refractivity (Wildman–Crippen MR) is 76.6 cm³/mol. The van der Waals surface area contributed by atoms with Crippen LogP contribution in [-0.4, -0.2) is 27.3 Å². The molecule has 1 aromatic heterocycles. The molecular weight excluding hydrogens is 308 g/mol. The van der Waals surface area contributed by atoms with Gasteiger partial charge in [-0.1, -0.05) is 6.92 Å². The molecule has 116 valence electrons. The molecule has 0 amide bonds. The fraction of sp³-hybridized carbons (Fsp3) is 0.200. The largest absolute Gasteiger partial charge is 0.462 e. The number of sulfone groups is 1. The number of hydrogen-bond donors (Lipinski definition) is 0. The molecule has 6 nitrogen and oxygen atoms in total. The van der Waals surface area contributed by atoms with Crippen LogP contribution in [-0.2, 0) is 14.6 Å². The Morgan fingerprint density at radius 1 is 1.18 bits per heavy atom. The normalized spacial score (nSPS) is 11.1. The van der Waals surface area contributed by atoms with E-state index in [9.17, 15) is 18.0 Å². The average molecular weight is 322 g/mol. The van der Waals surface area contributed by atoms with Crippen molar-refractivity contribution in [2.75, 3.05) is 6.61 Å². The van der Waals surface area contributed by atoms with Gasteiger partial charge in [-0.15, -0.1) is 0 Å². The Labute approximate surface area is 127 Å². The minimum atomic E-state index is -3.87. The molecule has 1 heterocycles. The summed E-state index contributed by atoms with van der Waals surface area (Å²) in [4.78, 5) is 22.2. The summed E-state index contributed by atoms with van der Waals surface area (Å²) in [5, 5.41) is -0.323. The summed E-state index contributed by atoms with van der Waals surface area (Å²) in [7, 11) is -3.87. The van der Waals surface area contributed by atoms with Gasteiger partial charge in [0.15, 0.2) is 12.0 Å². The standard InChI is InChI=1S/C15H14O6S/c1-2-9-20-15(17)11-3-6-13(7-4-11)22(18,19)14-8-5-12(10-16)21-14/h3-8,10H,2,9H2,1H3. The zero-order chi connectivity index (χ0) is 16.2. The third-order valence-corrected chi connectivity index (χ3v) is 4.46. The Balaban J connectivity index is 2.25. The first kappa shape index (κ1) is 16.0. The van der Waals surface area contributed by atoms with Gasteiger partial charge in [-0.3, -0.25) is 4.79 Å². The second-order valence-electron chi connectivity index (χ2n) is 4.44. The molecule has 2 aromatic rings. The Morgan fingerprint density at radius 3 is 2.41 bits per heavy atom. The first-order chi connectivity index (χ1) is 10.5. The minimum absolute atomic E-state index is 0.0358. The first-order valence-electron chi connectivity index (χ1n) is 6.56. The summed E-state index contributed by atoms with van der Waals surface area (Å²) in [5.74, 6) is -0.578. The molecule has 0 atom stereocenters. The van der Waals surface area contributed by atoms with Gasteiger partial charge in [0.05, 0.1) is 17.1 Å². The number of hydrogen-bond acceptors (Lipinski definition) is 6. The maximum Gasteiger partial charge on any atom is 0.338 e. The van der Waals surface area contributed by atoms with E-state index in [1.165, 1.54) is 36.4 Å². The van der Waals surface area contributed by atoms with E-state index in [0.717, 1.165) is 0 Å². The Bertz CT molecular complexity index is 771. The van der Waals surface area contributed by atoms with Gasteiger partial charge < -0.3 is 9.15 Å². The van der Waals surface area contributed by atoms with E-state index in [-0.39, 0.29) is 21.3 Å². The Hall–Kier alpha value is -2.41. The van der Waals surface area contributed by atoms with Crippen molar-refractivity contribution in [2.45, 2.75) is 23.3 Å². The van der Waals surface area contributed by atoms with Gasteiger partial charge in [-0.05, 0) is 42.8 Å². The lowest BCUT2D eigenvalue weighted by Crippen LogP contribution is -2.07. The van der Waals surface area contributed by atoms with Crippen molar-refractivity contribution in [3.05, 3.63) is 47.7 Å². The summed E-state index contributed by atoms with van der Waals surface area (Å²) < 4.78 is 34.5. The van der Waals surface area contributed by atoms with Crippen molar-refractivity contribution in [2.24, 2.45) is 0 Å². The fourth-order valence-electron chi connectivity index (χ4n) is 1.71. The molecule has 0 aliphatic carbocycles. The Morgan fingerprint density at radius 2 is 1.86 bits per heavy atom. The van der Waals surface area contributed by atoms with Crippen LogP contribution in [0.4, 0.5) is 0 Å². The summed E-state index contributed by atoms with van der Waals surface area (Å²) in [5.41, 5.74) is 0.264. The third kappa shape index (κ3) is 3.25. The second kappa shape index (κ2) is 6.57. The quantitative estimate of drug-likeness (QED) is 0.599. The van der Waals surface area contributed by atoms with Crippen LogP contribution >= 0.6 is 0 Å². The number of rotatable bonds is 6. The minimum Gasteiger partial charge on any atom is -0.462 e. The van der Waals surface area contributed by atoms with Gasteiger partial charge in [0.2, 0.25) is 14.9 Å². The number of carbonyl (C=O) groups is 2. The predicted octanol–water partition coefficient (Wildman–Crippen LogP) is 2.49. The molecule has 0 aliphatic heterocycles. The SMILES string of the molecule is CCCOC(=O)c1ccc(S(=O)(=O)c2ccc(C=O)o2)cc1. The van der Waals surface area contributed by atoms with E-state index in [1.54, 1.807) is 0 Å². The lowest BCUT2D eigenvalue weighted by atomic mass is 10.2. The molecule has 0 N–H and O–H groups in total. The van der Waals surface area contributed by atoms with Gasteiger partial charge >= 0.3 is 5.97 Å². The van der Waals surface area contributed by atoms with Gasteiger partial charge in [-0.2, -0.15) is 0 Å². The average Bonchev–Trinajstić information content (AvgIpc) is 3.02. The molecular formula is C15H14O6S. The lowest BCUT2D eigenvalue weighted by molar-refractivity contribution is 0.0505. The molecule has 0 aliphatic rings. The summed E-state index contributed by atoms with van der Waals surface area (Å²) in [6, 6.07) is 7.81. The maximum atomic E-state index is 12.3. The molecule has 0 spiro atoms. The maximum absolute atomic E-state index is 12.3. The fourth-order valence-corrected chi connectivity index (χ4v) is 2.89. The molecule has 0 radical (unpaired) electrons. The zero-order valence-electron chi connectivity index (χ0n) is 11.8. The van der Waals surface area contributed by atoms with Crippen LogP contribution in [0.25, 0.3) is 0 Å². The van der Waals surface area contributed by atoms with Crippen LogP contribution in [0.1, 0.15) is 34.3 Å². The van der Waals surface area contributed by atoms with Crippen molar-refractivity contribution in [3.63, 3.8) is 0 Å². The Kier molecular flexibility index (Phi) is 4.77. The summed E-state index contributed by atoms with van der Waals surface area (Å²) in [6.45, 7) is 2.18. The highest BCUT2D eigenvalue weighted by Crippen LogP contribution is 2.23. The van der Waals surface area contributed by atoms with Gasteiger partial charge in [0, 0.05) is 0 Å². The number of benzene rings is 1. The van der Waals surface area contributed by atoms with E-state index in [2.05, 4.69) is 0 Å². The van der Waals surface area contributed by atoms with E-state index < -0.39 is 15.8 Å². The van der Waals surface area contributed by atoms with Crippen molar-refractivity contribution in [3.8, 4) is 0 Å². The van der Waals surface area contributed by atoms with Crippen LogP contribution in [0.15, 0.2) is 50.8 Å². The number of carbonyl (C=O) groups excluding carboxylic acids is 2. The van der Waals surface area contributed by atoms with Crippen molar-refractivity contribution in [1.82, 2.24) is 0 Å². The van der Waals surface area contributed by atoms with E-state index in [0.29, 0.717) is 19.3 Å². The summed E-state index contributed by atoms with van der Waals surface area (Å²) >= 11 is 0. The topological polar surface area (TPSA) is 90.7 Å². The smallest absolute Gasteiger partial charge is 0.338 e. The lowest BCUT2D eigenvalue weighted by Gasteiger charge is -2.04. The van der Waals surface area contributed by atoms with Crippen molar-refractivity contribution < 1.29 is 27.2 Å². The van der Waals surface area contributed by atoms with Crippen LogP contribution in [0.2, 0.25) is 0 Å². The van der Waals surface area contributed by atoms with E-state index in [4.69, 9.17) is 9.15 Å².